The standard InChI is InChI=1S/C23H23N3O4S/c1-14-12-18-19(13-15(14)2)31-23(25(18)10-11-30-3)24-22(29)16-4-6-17(7-5-16)26-20(27)8-9-21(26)28/h4-7,12-13H,8-11H2,1-3H3. The van der Waals surface area contributed by atoms with E-state index in [0.29, 0.717) is 29.2 Å². The number of rotatable bonds is 5. The minimum Gasteiger partial charge on any atom is -0.383 e. The molecule has 0 saturated carbocycles. The molecule has 4 rings (SSSR count). The molecule has 0 radical (unpaired) electrons. The molecule has 0 aliphatic carbocycles. The van der Waals surface area contributed by atoms with E-state index in [1.165, 1.54) is 27.4 Å². The number of anilines is 1. The number of aryl methyl sites for hydroxylation is 2. The fourth-order valence-electron chi connectivity index (χ4n) is 3.57. The third-order valence-corrected chi connectivity index (χ3v) is 6.48. The summed E-state index contributed by atoms with van der Waals surface area (Å²) in [6.07, 6.45) is 0.447. The highest BCUT2D eigenvalue weighted by atomic mass is 32.1. The molecule has 0 spiro atoms. The van der Waals surface area contributed by atoms with Gasteiger partial charge >= 0.3 is 0 Å². The Morgan fingerprint density at radius 3 is 2.35 bits per heavy atom. The van der Waals surface area contributed by atoms with Crippen LogP contribution in [0.15, 0.2) is 41.4 Å². The van der Waals surface area contributed by atoms with Gasteiger partial charge in [0.25, 0.3) is 5.91 Å². The molecule has 3 amide bonds. The monoisotopic (exact) mass is 437 g/mol. The Hall–Kier alpha value is -3.10. The summed E-state index contributed by atoms with van der Waals surface area (Å²) in [6, 6.07) is 10.6. The number of imide groups is 1. The van der Waals surface area contributed by atoms with Gasteiger partial charge in [-0.2, -0.15) is 4.99 Å². The predicted molar refractivity (Wildman–Crippen MR) is 119 cm³/mol. The molecule has 1 saturated heterocycles. The van der Waals surface area contributed by atoms with E-state index in [2.05, 4.69) is 31.0 Å². The summed E-state index contributed by atoms with van der Waals surface area (Å²) >= 11 is 1.47. The quantitative estimate of drug-likeness (QED) is 0.573. The van der Waals surface area contributed by atoms with Gasteiger partial charge in [-0.25, -0.2) is 0 Å². The van der Waals surface area contributed by atoms with Crippen LogP contribution in [0.1, 0.15) is 34.3 Å². The van der Waals surface area contributed by atoms with Gasteiger partial charge in [0.2, 0.25) is 11.8 Å². The average Bonchev–Trinajstić information content (AvgIpc) is 3.25. The Morgan fingerprint density at radius 1 is 1.06 bits per heavy atom. The number of carbonyl (C=O) groups excluding carboxylic acids is 3. The van der Waals surface area contributed by atoms with Crippen LogP contribution in [-0.4, -0.2) is 36.0 Å². The minimum absolute atomic E-state index is 0.219. The summed E-state index contributed by atoms with van der Waals surface area (Å²) in [5, 5.41) is 0. The summed E-state index contributed by atoms with van der Waals surface area (Å²) in [6.45, 7) is 5.22. The van der Waals surface area contributed by atoms with Crippen LogP contribution < -0.4 is 9.70 Å². The molecule has 3 aromatic rings. The van der Waals surface area contributed by atoms with E-state index in [1.807, 2.05) is 4.57 Å². The number of aromatic nitrogens is 1. The Morgan fingerprint density at radius 2 is 1.71 bits per heavy atom. The number of hydrogen-bond donors (Lipinski definition) is 0. The highest BCUT2D eigenvalue weighted by Crippen LogP contribution is 2.24. The van der Waals surface area contributed by atoms with Crippen molar-refractivity contribution in [3.8, 4) is 0 Å². The maximum absolute atomic E-state index is 12.9. The fourth-order valence-corrected chi connectivity index (χ4v) is 4.71. The van der Waals surface area contributed by atoms with Gasteiger partial charge in [-0.15, -0.1) is 0 Å². The van der Waals surface area contributed by atoms with Gasteiger partial charge < -0.3 is 9.30 Å². The maximum atomic E-state index is 12.9. The van der Waals surface area contributed by atoms with Crippen molar-refractivity contribution in [1.82, 2.24) is 4.57 Å². The highest BCUT2D eigenvalue weighted by Gasteiger charge is 2.30. The number of ether oxygens (including phenoxy) is 1. The van der Waals surface area contributed by atoms with E-state index in [4.69, 9.17) is 4.74 Å². The summed E-state index contributed by atoms with van der Waals surface area (Å²) in [5.74, 6) is -0.815. The molecule has 1 fully saturated rings. The number of benzene rings is 2. The van der Waals surface area contributed by atoms with Crippen molar-refractivity contribution < 1.29 is 19.1 Å². The van der Waals surface area contributed by atoms with Crippen LogP contribution in [0, 0.1) is 13.8 Å². The second-order valence-corrected chi connectivity index (χ2v) is 8.53. The molecule has 0 atom stereocenters. The molecular formula is C23H23N3O4S. The van der Waals surface area contributed by atoms with E-state index >= 15 is 0 Å². The first-order valence-electron chi connectivity index (χ1n) is 10.0. The number of fused-ring (bicyclic) bond motifs is 1. The van der Waals surface area contributed by atoms with Crippen LogP contribution >= 0.6 is 11.3 Å². The maximum Gasteiger partial charge on any atom is 0.279 e. The summed E-state index contributed by atoms with van der Waals surface area (Å²) in [7, 11) is 1.64. The molecule has 2 heterocycles. The van der Waals surface area contributed by atoms with Crippen LogP contribution in [0.25, 0.3) is 10.2 Å². The molecular weight excluding hydrogens is 414 g/mol. The van der Waals surface area contributed by atoms with Crippen molar-refractivity contribution in [2.75, 3.05) is 18.6 Å². The molecule has 160 valence electrons. The number of thiazole rings is 1. The molecule has 8 heteroatoms. The Labute approximate surface area is 183 Å². The summed E-state index contributed by atoms with van der Waals surface area (Å²) < 4.78 is 8.31. The molecule has 0 unspecified atom stereocenters. The van der Waals surface area contributed by atoms with Gasteiger partial charge in [-0.05, 0) is 61.4 Å². The van der Waals surface area contributed by atoms with Crippen molar-refractivity contribution in [2.45, 2.75) is 33.2 Å². The number of amides is 3. The van der Waals surface area contributed by atoms with Crippen molar-refractivity contribution in [3.63, 3.8) is 0 Å². The minimum atomic E-state index is -0.378. The van der Waals surface area contributed by atoms with Gasteiger partial charge in [0.1, 0.15) is 0 Å². The van der Waals surface area contributed by atoms with E-state index in [-0.39, 0.29) is 30.6 Å². The second-order valence-electron chi connectivity index (χ2n) is 7.52. The summed E-state index contributed by atoms with van der Waals surface area (Å²) in [4.78, 5) is 42.8. The zero-order valence-corrected chi connectivity index (χ0v) is 18.5. The zero-order chi connectivity index (χ0) is 22.1. The number of methoxy groups -OCH3 is 1. The first kappa shape index (κ1) is 21.1. The summed E-state index contributed by atoms with van der Waals surface area (Å²) in [5.41, 5.74) is 4.26. The normalized spacial score (nSPS) is 14.8. The lowest BCUT2D eigenvalue weighted by Crippen LogP contribution is -2.28. The van der Waals surface area contributed by atoms with Crippen LogP contribution in [0.4, 0.5) is 5.69 Å². The van der Waals surface area contributed by atoms with Gasteiger partial charge in [-0.3, -0.25) is 19.3 Å². The van der Waals surface area contributed by atoms with Crippen molar-refractivity contribution >= 4 is 45.0 Å². The molecule has 31 heavy (non-hydrogen) atoms. The molecule has 0 N–H and O–H groups in total. The highest BCUT2D eigenvalue weighted by molar-refractivity contribution is 7.16. The fraction of sp³-hybridized carbons (Fsp3) is 0.304. The first-order valence-corrected chi connectivity index (χ1v) is 10.8. The van der Waals surface area contributed by atoms with Gasteiger partial charge in [0, 0.05) is 32.1 Å². The molecule has 0 bridgehead atoms. The van der Waals surface area contributed by atoms with Crippen LogP contribution in [0.5, 0.6) is 0 Å². The van der Waals surface area contributed by atoms with E-state index < -0.39 is 0 Å². The van der Waals surface area contributed by atoms with Gasteiger partial charge in [0.05, 0.1) is 22.5 Å². The zero-order valence-electron chi connectivity index (χ0n) is 17.7. The van der Waals surface area contributed by atoms with Crippen LogP contribution in [-0.2, 0) is 20.9 Å². The Kier molecular flexibility index (Phi) is 5.84. The second kappa shape index (κ2) is 8.56. The number of nitrogens with zero attached hydrogens (tertiary/aromatic N) is 3. The van der Waals surface area contributed by atoms with Gasteiger partial charge in [-0.1, -0.05) is 11.3 Å². The lowest BCUT2D eigenvalue weighted by Gasteiger charge is -2.13. The van der Waals surface area contributed by atoms with Crippen LogP contribution in [0.2, 0.25) is 0 Å². The third kappa shape index (κ3) is 4.08. The Bertz CT molecular complexity index is 1240. The lowest BCUT2D eigenvalue weighted by atomic mass is 10.1. The number of carbonyl (C=O) groups is 3. The topological polar surface area (TPSA) is 81.0 Å². The Balaban J connectivity index is 1.70. The number of hydrogen-bond acceptors (Lipinski definition) is 5. The van der Waals surface area contributed by atoms with E-state index in [9.17, 15) is 14.4 Å². The average molecular weight is 438 g/mol. The molecule has 1 aliphatic heterocycles. The van der Waals surface area contributed by atoms with Gasteiger partial charge in [0.15, 0.2) is 4.80 Å². The van der Waals surface area contributed by atoms with Crippen molar-refractivity contribution in [3.05, 3.63) is 57.9 Å². The largest absolute Gasteiger partial charge is 0.383 e. The molecule has 7 nitrogen and oxygen atoms in total. The van der Waals surface area contributed by atoms with Crippen molar-refractivity contribution in [2.24, 2.45) is 4.99 Å². The lowest BCUT2D eigenvalue weighted by molar-refractivity contribution is -0.121. The molecule has 1 aromatic heterocycles. The first-order chi connectivity index (χ1) is 14.9. The smallest absolute Gasteiger partial charge is 0.279 e. The molecule has 2 aromatic carbocycles. The third-order valence-electron chi connectivity index (χ3n) is 5.44. The van der Waals surface area contributed by atoms with E-state index in [1.54, 1.807) is 31.4 Å². The predicted octanol–water partition coefficient (Wildman–Crippen LogP) is 3.36. The van der Waals surface area contributed by atoms with Crippen LogP contribution in [0.3, 0.4) is 0 Å². The van der Waals surface area contributed by atoms with Crippen molar-refractivity contribution in [1.29, 1.82) is 0 Å². The SMILES string of the molecule is COCCn1c(=NC(=O)c2ccc(N3C(=O)CCC3=O)cc2)sc2cc(C)c(C)cc21. The molecule has 1 aliphatic rings. The van der Waals surface area contributed by atoms with E-state index in [0.717, 1.165) is 10.2 Å².